The minimum atomic E-state index is -4.02. The van der Waals surface area contributed by atoms with Gasteiger partial charge < -0.3 is 19.3 Å². The highest BCUT2D eigenvalue weighted by Gasteiger charge is 2.29. The van der Waals surface area contributed by atoms with E-state index >= 15 is 0 Å². The number of carbonyl (C=O) groups excluding carboxylic acids is 2. The Morgan fingerprint density at radius 2 is 1.06 bits per heavy atom. The monoisotopic (exact) mass is 524 g/mol. The Morgan fingerprint density at radius 1 is 0.697 bits per heavy atom. The molecule has 4 unspecified atom stereocenters. The van der Waals surface area contributed by atoms with Gasteiger partial charge in [-0.15, -0.1) is 0 Å². The van der Waals surface area contributed by atoms with E-state index in [-0.39, 0.29) is 52.9 Å². The fourth-order valence-electron chi connectivity index (χ4n) is 1.75. The van der Waals surface area contributed by atoms with Crippen LogP contribution in [0.1, 0.15) is 27.7 Å². The average Bonchev–Trinajstić information content (AvgIpc) is 2.77. The molecule has 0 spiro atoms. The largest absolute Gasteiger partial charge is 0.474 e. The smallest absolute Gasteiger partial charge is 0.461 e. The third-order valence-corrected chi connectivity index (χ3v) is 6.48. The average molecular weight is 524 g/mol. The summed E-state index contributed by atoms with van der Waals surface area (Å²) < 4.78 is 69.6. The van der Waals surface area contributed by atoms with Crippen LogP contribution in [0.3, 0.4) is 0 Å². The highest BCUT2D eigenvalue weighted by atomic mass is 31.2. The summed E-state index contributed by atoms with van der Waals surface area (Å²) >= 11 is 0. The number of phosphoric ester groups is 2. The number of esters is 2. The maximum atomic E-state index is 12.5. The van der Waals surface area contributed by atoms with Crippen LogP contribution in [0.15, 0.2) is 0 Å². The lowest BCUT2D eigenvalue weighted by Gasteiger charge is -2.19. The second-order valence-electron chi connectivity index (χ2n) is 5.95. The number of rotatable bonds is 20. The zero-order valence-electron chi connectivity index (χ0n) is 19.5. The number of ether oxygens (including phenoxy) is 3. The Morgan fingerprint density at radius 3 is 1.39 bits per heavy atom. The van der Waals surface area contributed by atoms with Crippen molar-refractivity contribution < 1.29 is 65.2 Å². The molecular weight excluding hydrogens is 490 g/mol. The van der Waals surface area contributed by atoms with Gasteiger partial charge in [0.05, 0.1) is 39.6 Å². The summed E-state index contributed by atoms with van der Waals surface area (Å²) in [6.45, 7) is 4.03. The van der Waals surface area contributed by atoms with Crippen LogP contribution in [0, 0.1) is 0 Å². The van der Waals surface area contributed by atoms with Gasteiger partial charge in [0.25, 0.3) is 0 Å². The predicted molar refractivity (Wildman–Crippen MR) is 112 cm³/mol. The lowest BCUT2D eigenvalue weighted by Crippen LogP contribution is -2.23. The van der Waals surface area contributed by atoms with Crippen molar-refractivity contribution in [1.29, 1.82) is 0 Å². The summed E-state index contributed by atoms with van der Waals surface area (Å²) in [7, 11) is -6.68. The molecule has 0 saturated heterocycles. The number of hydrogen-bond acceptors (Lipinski definition) is 14. The van der Waals surface area contributed by atoms with Gasteiger partial charge in [0.1, 0.15) is 19.3 Å². The summed E-state index contributed by atoms with van der Waals surface area (Å²) in [5, 5.41) is 9.03. The number of aliphatic hydroxyl groups is 1. The van der Waals surface area contributed by atoms with Crippen molar-refractivity contribution >= 4 is 27.6 Å². The van der Waals surface area contributed by atoms with E-state index in [1.807, 2.05) is 0 Å². The molecule has 0 aromatic rings. The molecule has 0 aliphatic rings. The van der Waals surface area contributed by atoms with Gasteiger partial charge in [-0.2, -0.15) is 0 Å². The molecule has 0 saturated carbocycles. The van der Waals surface area contributed by atoms with Crippen molar-refractivity contribution in [2.75, 3.05) is 60.0 Å². The first-order valence-electron chi connectivity index (χ1n) is 10.1. The first-order valence-corrected chi connectivity index (χ1v) is 13.1. The van der Waals surface area contributed by atoms with Crippen LogP contribution in [0.2, 0.25) is 0 Å². The van der Waals surface area contributed by atoms with Crippen LogP contribution in [0.4, 0.5) is 0 Å². The number of methoxy groups -OCH3 is 1. The molecule has 0 aromatic carbocycles. The highest BCUT2D eigenvalue weighted by molar-refractivity contribution is 7.48. The van der Waals surface area contributed by atoms with Gasteiger partial charge in [0.2, 0.25) is 0 Å². The minimum Gasteiger partial charge on any atom is -0.461 e. The van der Waals surface area contributed by atoms with Crippen LogP contribution in [-0.2, 0) is 60.1 Å². The molecule has 0 fully saturated rings. The van der Waals surface area contributed by atoms with Gasteiger partial charge in [-0.1, -0.05) is 0 Å². The molecule has 0 aliphatic heterocycles. The predicted octanol–water partition coefficient (Wildman–Crippen LogP) is 1.84. The van der Waals surface area contributed by atoms with Crippen molar-refractivity contribution in [2.24, 2.45) is 0 Å². The van der Waals surface area contributed by atoms with Crippen molar-refractivity contribution in [3.05, 3.63) is 0 Å². The molecule has 196 valence electrons. The summed E-state index contributed by atoms with van der Waals surface area (Å²) in [5.74, 6) is -1.48. The molecule has 0 bridgehead atoms. The first-order chi connectivity index (χ1) is 15.5. The second-order valence-corrected chi connectivity index (χ2v) is 9.29. The molecule has 4 atom stereocenters. The van der Waals surface area contributed by atoms with Crippen LogP contribution in [0.25, 0.3) is 0 Å². The molecule has 0 aliphatic carbocycles. The van der Waals surface area contributed by atoms with E-state index in [0.29, 0.717) is 0 Å². The van der Waals surface area contributed by atoms with E-state index in [1.54, 1.807) is 13.8 Å². The number of aliphatic hydroxyl groups excluding tert-OH is 1. The van der Waals surface area contributed by atoms with E-state index in [1.165, 1.54) is 21.0 Å². The van der Waals surface area contributed by atoms with Crippen molar-refractivity contribution in [2.45, 2.75) is 39.9 Å². The van der Waals surface area contributed by atoms with Crippen LogP contribution in [-0.4, -0.2) is 89.2 Å². The Hall–Kier alpha value is -0.920. The van der Waals surface area contributed by atoms with E-state index in [4.69, 9.17) is 41.7 Å². The van der Waals surface area contributed by atoms with Gasteiger partial charge in [-0.05, 0) is 27.7 Å². The summed E-state index contributed by atoms with van der Waals surface area (Å²) in [4.78, 5) is 22.7. The van der Waals surface area contributed by atoms with Gasteiger partial charge in [0, 0.05) is 7.11 Å². The molecule has 0 radical (unpaired) electrons. The summed E-state index contributed by atoms with van der Waals surface area (Å²) in [6, 6.07) is 0. The minimum absolute atomic E-state index is 0.00432. The Kier molecular flexibility index (Phi) is 17.0. The maximum absolute atomic E-state index is 12.5. The zero-order chi connectivity index (χ0) is 25.3. The molecule has 0 rings (SSSR count). The van der Waals surface area contributed by atoms with Crippen molar-refractivity contribution in [3.63, 3.8) is 0 Å². The Balaban J connectivity index is 4.47. The van der Waals surface area contributed by atoms with E-state index < -0.39 is 39.8 Å². The molecule has 0 aromatic heterocycles. The normalized spacial score (nSPS) is 16.9. The van der Waals surface area contributed by atoms with Crippen LogP contribution >= 0.6 is 15.6 Å². The molecule has 0 heterocycles. The quantitative estimate of drug-likeness (QED) is 0.139. The van der Waals surface area contributed by atoms with Crippen molar-refractivity contribution in [1.82, 2.24) is 0 Å². The molecule has 14 nitrogen and oxygen atoms in total. The number of hydrogen-bond donors (Lipinski definition) is 1. The Labute approximate surface area is 193 Å². The van der Waals surface area contributed by atoms with Crippen molar-refractivity contribution in [3.8, 4) is 0 Å². The van der Waals surface area contributed by atoms with Crippen LogP contribution in [0.5, 0.6) is 0 Å². The van der Waals surface area contributed by atoms with Gasteiger partial charge in [-0.25, -0.2) is 18.7 Å². The molecule has 16 heteroatoms. The fourth-order valence-corrected chi connectivity index (χ4v) is 4.03. The highest BCUT2D eigenvalue weighted by Crippen LogP contribution is 2.51. The topological polar surface area (TPSA) is 172 Å². The lowest BCUT2D eigenvalue weighted by molar-refractivity contribution is -0.155. The Bertz CT molecular complexity index is 656. The third kappa shape index (κ3) is 14.8. The number of carbonyl (C=O) groups is 2. The van der Waals surface area contributed by atoms with E-state index in [9.17, 15) is 18.7 Å². The first kappa shape index (κ1) is 32.1. The van der Waals surface area contributed by atoms with Gasteiger partial charge in [-0.3, -0.25) is 27.1 Å². The summed E-state index contributed by atoms with van der Waals surface area (Å²) in [6.07, 6.45) is -2.06. The van der Waals surface area contributed by atoms with E-state index in [0.717, 1.165) is 0 Å². The molecular formula is C17H34O14P2. The van der Waals surface area contributed by atoms with E-state index in [2.05, 4.69) is 4.74 Å². The van der Waals surface area contributed by atoms with Crippen LogP contribution < -0.4 is 0 Å². The van der Waals surface area contributed by atoms with Gasteiger partial charge in [0.15, 0.2) is 6.10 Å². The third-order valence-electron chi connectivity index (χ3n) is 3.34. The molecule has 0 amide bonds. The molecule has 1 N–H and O–H groups in total. The molecule has 33 heavy (non-hydrogen) atoms. The zero-order valence-corrected chi connectivity index (χ0v) is 21.2. The second kappa shape index (κ2) is 17.5. The maximum Gasteiger partial charge on any atom is 0.474 e. The summed E-state index contributed by atoms with van der Waals surface area (Å²) in [5.41, 5.74) is 0. The lowest BCUT2D eigenvalue weighted by atomic mass is 10.4. The number of phosphoric acid groups is 2. The fraction of sp³-hybridized carbons (Fsp3) is 0.882. The standard InChI is InChI=1S/C17H34O14P2/c1-6-26-32(21,28-10-8-24-16(19)14(3)18)30-12-13-31-33(22,27-7-2)29-11-9-25-17(20)15(4)23-5/h14-15,18H,6-13H2,1-5H3. The van der Waals surface area contributed by atoms with Gasteiger partial charge >= 0.3 is 27.6 Å². The SMILES string of the molecule is CCOP(=O)(OCCOC(=O)C(C)O)OCCOP(=O)(OCC)OCCOC(=O)C(C)OC.